The molecule has 11 aromatic rings. The van der Waals surface area contributed by atoms with E-state index in [1.165, 1.54) is 21.9 Å². The lowest BCUT2D eigenvalue weighted by molar-refractivity contribution is 0.669. The van der Waals surface area contributed by atoms with Crippen LogP contribution >= 0.6 is 0 Å². The summed E-state index contributed by atoms with van der Waals surface area (Å²) in [6.07, 6.45) is 0. The molecule has 56 heavy (non-hydrogen) atoms. The van der Waals surface area contributed by atoms with Gasteiger partial charge in [-0.05, 0) is 70.8 Å². The van der Waals surface area contributed by atoms with E-state index in [4.69, 9.17) is 19.4 Å². The first-order chi connectivity index (χ1) is 27.7. The maximum atomic E-state index is 6.49. The van der Waals surface area contributed by atoms with Crippen LogP contribution in [0.4, 0.5) is 0 Å². The van der Waals surface area contributed by atoms with Gasteiger partial charge in [-0.15, -0.1) is 0 Å². The van der Waals surface area contributed by atoms with Crippen LogP contribution in [0.15, 0.2) is 199 Å². The van der Waals surface area contributed by atoms with Crippen LogP contribution in [0.1, 0.15) is 0 Å². The number of hydrogen-bond donors (Lipinski definition) is 0. The average molecular weight is 717 g/mol. The van der Waals surface area contributed by atoms with E-state index in [2.05, 4.69) is 150 Å². The summed E-state index contributed by atoms with van der Waals surface area (Å²) in [5.74, 6) is 1.77. The molecule has 0 aliphatic rings. The van der Waals surface area contributed by atoms with Crippen LogP contribution in [-0.4, -0.2) is 19.5 Å². The maximum absolute atomic E-state index is 6.49. The van der Waals surface area contributed by atoms with Crippen LogP contribution in [0.25, 0.3) is 106 Å². The third kappa shape index (κ3) is 5.37. The number of fused-ring (bicyclic) bond motifs is 6. The van der Waals surface area contributed by atoms with Crippen LogP contribution in [0, 0.1) is 0 Å². The summed E-state index contributed by atoms with van der Waals surface area (Å²) in [5.41, 5.74) is 12.1. The van der Waals surface area contributed by atoms with Crippen molar-refractivity contribution < 1.29 is 4.42 Å². The second-order valence-corrected chi connectivity index (χ2v) is 14.0. The Kier molecular flexibility index (Phi) is 7.42. The van der Waals surface area contributed by atoms with E-state index in [-0.39, 0.29) is 0 Å². The highest BCUT2D eigenvalue weighted by molar-refractivity contribution is 6.14. The van der Waals surface area contributed by atoms with Crippen molar-refractivity contribution in [3.63, 3.8) is 0 Å². The minimum Gasteiger partial charge on any atom is -0.456 e. The van der Waals surface area contributed by atoms with Crippen LogP contribution in [0.2, 0.25) is 0 Å². The predicted molar refractivity (Wildman–Crippen MR) is 229 cm³/mol. The largest absolute Gasteiger partial charge is 0.456 e. The summed E-state index contributed by atoms with van der Waals surface area (Å²) in [5, 5.41) is 4.56. The summed E-state index contributed by atoms with van der Waals surface area (Å²) in [6, 6.07) is 67.4. The van der Waals surface area contributed by atoms with E-state index in [1.807, 2.05) is 48.5 Å². The molecule has 0 aliphatic heterocycles. The zero-order valence-corrected chi connectivity index (χ0v) is 30.2. The number of rotatable bonds is 6. The van der Waals surface area contributed by atoms with Gasteiger partial charge in [-0.1, -0.05) is 146 Å². The van der Waals surface area contributed by atoms with Gasteiger partial charge in [0.2, 0.25) is 0 Å². The second kappa shape index (κ2) is 13.0. The van der Waals surface area contributed by atoms with Crippen molar-refractivity contribution in [2.45, 2.75) is 0 Å². The van der Waals surface area contributed by atoms with Crippen molar-refractivity contribution in [1.82, 2.24) is 19.5 Å². The number of hydrogen-bond acceptors (Lipinski definition) is 4. The maximum Gasteiger partial charge on any atom is 0.164 e. The van der Waals surface area contributed by atoms with Crippen molar-refractivity contribution >= 4 is 43.7 Å². The summed E-state index contributed by atoms with van der Waals surface area (Å²) >= 11 is 0. The van der Waals surface area contributed by atoms with Gasteiger partial charge < -0.3 is 8.98 Å². The SMILES string of the molecule is c1ccc(-c2ccc3c(c2)c2ccccc2n3-c2cccc(-c3nc(-c4ccccc4)nc(-c4cc(-c5ccccc5)c5c(c4)oc4ccccc45)n3)c2)cc1. The van der Waals surface area contributed by atoms with Gasteiger partial charge in [0.15, 0.2) is 17.5 Å². The number of benzene rings is 8. The monoisotopic (exact) mass is 716 g/mol. The van der Waals surface area contributed by atoms with Crippen LogP contribution in [-0.2, 0) is 0 Å². The molecule has 11 rings (SSSR count). The number of nitrogens with zero attached hydrogens (tertiary/aromatic N) is 4. The standard InChI is InChI=1S/C51H32N4O/c1-4-15-33(16-5-1)36-27-28-45-43(30-36)40-23-10-12-25-44(40)55(45)39-22-14-21-37(29-39)50-52-49(35-19-8-3-9-20-35)53-51(54-50)38-31-42(34-17-6-2-7-18-34)48-41-24-11-13-26-46(41)56-47(48)32-38/h1-32H. The Balaban J connectivity index is 1.10. The van der Waals surface area contributed by atoms with Crippen LogP contribution in [0.5, 0.6) is 0 Å². The summed E-state index contributed by atoms with van der Waals surface area (Å²) in [4.78, 5) is 15.4. The minimum atomic E-state index is 0.573. The molecule has 0 N–H and O–H groups in total. The lowest BCUT2D eigenvalue weighted by atomic mass is 9.97. The Morgan fingerprint density at radius 3 is 1.70 bits per heavy atom. The Morgan fingerprint density at radius 1 is 0.339 bits per heavy atom. The molecule has 5 heteroatoms. The fraction of sp³-hybridized carbons (Fsp3) is 0. The average Bonchev–Trinajstić information content (AvgIpc) is 3.82. The van der Waals surface area contributed by atoms with E-state index >= 15 is 0 Å². The zero-order valence-electron chi connectivity index (χ0n) is 30.2. The zero-order chi connectivity index (χ0) is 37.0. The van der Waals surface area contributed by atoms with Gasteiger partial charge in [-0.2, -0.15) is 0 Å². The topological polar surface area (TPSA) is 56.7 Å². The summed E-state index contributed by atoms with van der Waals surface area (Å²) < 4.78 is 8.83. The first-order valence-electron chi connectivity index (χ1n) is 18.8. The van der Waals surface area contributed by atoms with E-state index in [0.717, 1.165) is 66.5 Å². The summed E-state index contributed by atoms with van der Waals surface area (Å²) in [6.45, 7) is 0. The number of para-hydroxylation sites is 2. The van der Waals surface area contributed by atoms with Crippen molar-refractivity contribution in [2.75, 3.05) is 0 Å². The molecule has 0 saturated heterocycles. The predicted octanol–water partition coefficient (Wildman–Crippen LogP) is 13.2. The van der Waals surface area contributed by atoms with Gasteiger partial charge in [0, 0.05) is 43.9 Å². The molecule has 0 fully saturated rings. The molecule has 0 bridgehead atoms. The molecule has 3 aromatic heterocycles. The second-order valence-electron chi connectivity index (χ2n) is 14.0. The fourth-order valence-corrected chi connectivity index (χ4v) is 8.02. The van der Waals surface area contributed by atoms with Gasteiger partial charge in [0.1, 0.15) is 11.2 Å². The number of aromatic nitrogens is 4. The van der Waals surface area contributed by atoms with Gasteiger partial charge in [0.25, 0.3) is 0 Å². The molecule has 0 radical (unpaired) electrons. The lowest BCUT2D eigenvalue weighted by Crippen LogP contribution is -2.01. The quantitative estimate of drug-likeness (QED) is 0.172. The Morgan fingerprint density at radius 2 is 0.929 bits per heavy atom. The molecule has 0 unspecified atom stereocenters. The molecular weight excluding hydrogens is 685 g/mol. The molecule has 0 amide bonds. The molecule has 0 saturated carbocycles. The third-order valence-corrected chi connectivity index (χ3v) is 10.6. The van der Waals surface area contributed by atoms with Crippen molar-refractivity contribution in [3.05, 3.63) is 194 Å². The van der Waals surface area contributed by atoms with E-state index in [1.54, 1.807) is 0 Å². The molecular formula is C51H32N4O. The highest BCUT2D eigenvalue weighted by atomic mass is 16.3. The van der Waals surface area contributed by atoms with E-state index < -0.39 is 0 Å². The van der Waals surface area contributed by atoms with Crippen molar-refractivity contribution in [2.24, 2.45) is 0 Å². The highest BCUT2D eigenvalue weighted by Gasteiger charge is 2.19. The smallest absolute Gasteiger partial charge is 0.164 e. The fourth-order valence-electron chi connectivity index (χ4n) is 8.02. The normalized spacial score (nSPS) is 11.6. The minimum absolute atomic E-state index is 0.573. The van der Waals surface area contributed by atoms with Gasteiger partial charge in [0.05, 0.1) is 11.0 Å². The first kappa shape index (κ1) is 31.9. The summed E-state index contributed by atoms with van der Waals surface area (Å²) in [7, 11) is 0. The van der Waals surface area contributed by atoms with E-state index in [9.17, 15) is 0 Å². The highest BCUT2D eigenvalue weighted by Crippen LogP contribution is 2.40. The van der Waals surface area contributed by atoms with E-state index in [0.29, 0.717) is 17.5 Å². The molecule has 5 nitrogen and oxygen atoms in total. The Hall–Kier alpha value is -7.63. The Bertz CT molecular complexity index is 3240. The molecule has 0 spiro atoms. The van der Waals surface area contributed by atoms with Gasteiger partial charge >= 0.3 is 0 Å². The van der Waals surface area contributed by atoms with Crippen molar-refractivity contribution in [1.29, 1.82) is 0 Å². The van der Waals surface area contributed by atoms with Gasteiger partial charge in [-0.25, -0.2) is 15.0 Å². The molecule has 0 aliphatic carbocycles. The third-order valence-electron chi connectivity index (χ3n) is 10.6. The molecule has 3 heterocycles. The Labute approximate surface area is 322 Å². The van der Waals surface area contributed by atoms with Gasteiger partial charge in [-0.3, -0.25) is 0 Å². The van der Waals surface area contributed by atoms with Crippen molar-refractivity contribution in [3.8, 4) is 62.1 Å². The lowest BCUT2D eigenvalue weighted by Gasteiger charge is -2.12. The number of furan rings is 1. The van der Waals surface area contributed by atoms with Crippen LogP contribution < -0.4 is 0 Å². The molecule has 262 valence electrons. The molecule has 0 atom stereocenters. The van der Waals surface area contributed by atoms with Crippen LogP contribution in [0.3, 0.4) is 0 Å². The molecule has 8 aromatic carbocycles. The first-order valence-corrected chi connectivity index (χ1v) is 18.8.